The van der Waals surface area contributed by atoms with Crippen molar-refractivity contribution < 1.29 is 4.92 Å². The second-order valence-electron chi connectivity index (χ2n) is 5.11. The lowest BCUT2D eigenvalue weighted by Crippen LogP contribution is -2.14. The third-order valence-electron chi connectivity index (χ3n) is 2.52. The van der Waals surface area contributed by atoms with E-state index in [-0.39, 0.29) is 16.0 Å². The van der Waals surface area contributed by atoms with Crippen LogP contribution in [0.2, 0.25) is 0 Å². The van der Waals surface area contributed by atoms with Crippen molar-refractivity contribution in [3.63, 3.8) is 0 Å². The van der Waals surface area contributed by atoms with E-state index in [4.69, 9.17) is 0 Å². The van der Waals surface area contributed by atoms with E-state index in [0.717, 1.165) is 5.56 Å². The van der Waals surface area contributed by atoms with Gasteiger partial charge < -0.3 is 4.90 Å². The quantitative estimate of drug-likeness (QED) is 0.571. The Balaban J connectivity index is 3.34. The van der Waals surface area contributed by atoms with E-state index in [0.29, 0.717) is 5.69 Å². The summed E-state index contributed by atoms with van der Waals surface area (Å²) in [6.07, 6.45) is 0. The third-order valence-corrected chi connectivity index (χ3v) is 2.52. The van der Waals surface area contributed by atoms with Gasteiger partial charge in [0.25, 0.3) is 5.69 Å². The van der Waals surface area contributed by atoms with E-state index in [2.05, 4.69) is 0 Å². The number of hydrogen-bond acceptors (Lipinski definition) is 3. The molecule has 0 aliphatic rings. The summed E-state index contributed by atoms with van der Waals surface area (Å²) in [7, 11) is 3.61. The molecule has 0 unspecified atom stereocenters. The molecule has 0 spiro atoms. The van der Waals surface area contributed by atoms with Crippen molar-refractivity contribution in [2.45, 2.75) is 26.2 Å². The molecule has 0 atom stereocenters. The maximum Gasteiger partial charge on any atom is 0.292 e. The second-order valence-corrected chi connectivity index (χ2v) is 5.11. The zero-order chi connectivity index (χ0) is 12.5. The molecule has 0 N–H and O–H groups in total. The molecule has 4 nitrogen and oxygen atoms in total. The van der Waals surface area contributed by atoms with Crippen LogP contribution < -0.4 is 4.90 Å². The fourth-order valence-corrected chi connectivity index (χ4v) is 1.51. The zero-order valence-electron chi connectivity index (χ0n) is 10.4. The van der Waals surface area contributed by atoms with Crippen LogP contribution in [0.5, 0.6) is 0 Å². The topological polar surface area (TPSA) is 46.4 Å². The number of nitro benzene ring substituents is 1. The van der Waals surface area contributed by atoms with Crippen LogP contribution in [0, 0.1) is 10.1 Å². The first-order valence-electron chi connectivity index (χ1n) is 5.19. The average Bonchev–Trinajstić information content (AvgIpc) is 2.15. The molecule has 0 saturated heterocycles. The predicted molar refractivity (Wildman–Crippen MR) is 66.1 cm³/mol. The fraction of sp³-hybridized carbons (Fsp3) is 0.500. The molecule has 0 saturated carbocycles. The molecule has 16 heavy (non-hydrogen) atoms. The van der Waals surface area contributed by atoms with Crippen molar-refractivity contribution in [2.75, 3.05) is 19.0 Å². The van der Waals surface area contributed by atoms with Crippen LogP contribution in [-0.2, 0) is 5.41 Å². The van der Waals surface area contributed by atoms with Gasteiger partial charge in [-0.3, -0.25) is 10.1 Å². The summed E-state index contributed by atoms with van der Waals surface area (Å²) in [5.41, 5.74) is 1.70. The van der Waals surface area contributed by atoms with Gasteiger partial charge in [0.2, 0.25) is 0 Å². The number of nitrogens with zero attached hydrogens (tertiary/aromatic N) is 2. The van der Waals surface area contributed by atoms with Gasteiger partial charge in [0.05, 0.1) is 4.92 Å². The highest BCUT2D eigenvalue weighted by Crippen LogP contribution is 2.32. The summed E-state index contributed by atoms with van der Waals surface area (Å²) in [4.78, 5) is 12.4. The van der Waals surface area contributed by atoms with Gasteiger partial charge >= 0.3 is 0 Å². The Morgan fingerprint density at radius 2 is 1.81 bits per heavy atom. The molecule has 0 aliphatic carbocycles. The molecule has 0 heterocycles. The van der Waals surface area contributed by atoms with Gasteiger partial charge in [-0.2, -0.15) is 0 Å². The second kappa shape index (κ2) is 4.12. The Labute approximate surface area is 96.0 Å². The van der Waals surface area contributed by atoms with Crippen molar-refractivity contribution in [3.05, 3.63) is 33.9 Å². The van der Waals surface area contributed by atoms with Crippen LogP contribution in [0.15, 0.2) is 18.2 Å². The molecular formula is C12H18N2O2. The highest BCUT2D eigenvalue weighted by atomic mass is 16.6. The first-order chi connectivity index (χ1) is 7.23. The molecule has 0 aliphatic heterocycles. The lowest BCUT2D eigenvalue weighted by Gasteiger charge is -2.20. The first-order valence-corrected chi connectivity index (χ1v) is 5.19. The first kappa shape index (κ1) is 12.5. The van der Waals surface area contributed by atoms with Gasteiger partial charge in [0.15, 0.2) is 0 Å². The molecule has 0 aromatic heterocycles. The molecule has 88 valence electrons. The van der Waals surface area contributed by atoms with Crippen molar-refractivity contribution in [1.29, 1.82) is 0 Å². The standard InChI is InChI=1S/C12H18N2O2/c1-12(2,3)9-6-7-10(13(4)5)11(8-9)14(15)16/h6-8H,1-5H3. The largest absolute Gasteiger partial charge is 0.372 e. The van der Waals surface area contributed by atoms with E-state index in [1.54, 1.807) is 31.1 Å². The van der Waals surface area contributed by atoms with Gasteiger partial charge in [-0.25, -0.2) is 0 Å². The van der Waals surface area contributed by atoms with E-state index >= 15 is 0 Å². The highest BCUT2D eigenvalue weighted by molar-refractivity contribution is 5.64. The van der Waals surface area contributed by atoms with Gasteiger partial charge in [-0.05, 0) is 17.0 Å². The molecule has 0 amide bonds. The zero-order valence-corrected chi connectivity index (χ0v) is 10.4. The summed E-state index contributed by atoms with van der Waals surface area (Å²) in [6, 6.07) is 5.41. The molecule has 0 fully saturated rings. The van der Waals surface area contributed by atoms with E-state index in [9.17, 15) is 10.1 Å². The van der Waals surface area contributed by atoms with Crippen LogP contribution in [-0.4, -0.2) is 19.0 Å². The van der Waals surface area contributed by atoms with Crippen molar-refractivity contribution in [2.24, 2.45) is 0 Å². The van der Waals surface area contributed by atoms with Crippen LogP contribution >= 0.6 is 0 Å². The molecule has 0 bridgehead atoms. The monoisotopic (exact) mass is 222 g/mol. The van der Waals surface area contributed by atoms with E-state index in [1.807, 2.05) is 26.8 Å². The minimum atomic E-state index is -0.329. The average molecular weight is 222 g/mol. The SMILES string of the molecule is CN(C)c1ccc(C(C)(C)C)cc1[N+](=O)[O-]. The predicted octanol–water partition coefficient (Wildman–Crippen LogP) is 2.96. The lowest BCUT2D eigenvalue weighted by atomic mass is 9.86. The van der Waals surface area contributed by atoms with Crippen molar-refractivity contribution in [1.82, 2.24) is 0 Å². The molecule has 1 aromatic carbocycles. The molecule has 1 aromatic rings. The molecule has 4 heteroatoms. The summed E-state index contributed by atoms with van der Waals surface area (Å²) in [6.45, 7) is 6.13. The molecule has 1 rings (SSSR count). The minimum absolute atomic E-state index is 0.0738. The number of nitro groups is 1. The number of rotatable bonds is 2. The van der Waals surface area contributed by atoms with Gasteiger partial charge in [-0.15, -0.1) is 0 Å². The van der Waals surface area contributed by atoms with Crippen molar-refractivity contribution >= 4 is 11.4 Å². The normalized spacial score (nSPS) is 11.3. The molecule has 0 radical (unpaired) electrons. The number of hydrogen-bond donors (Lipinski definition) is 0. The Kier molecular flexibility index (Phi) is 3.21. The number of benzene rings is 1. The van der Waals surface area contributed by atoms with Gasteiger partial charge in [-0.1, -0.05) is 26.8 Å². The lowest BCUT2D eigenvalue weighted by molar-refractivity contribution is -0.384. The van der Waals surface area contributed by atoms with E-state index < -0.39 is 0 Å². The van der Waals surface area contributed by atoms with Crippen LogP contribution in [0.1, 0.15) is 26.3 Å². The maximum atomic E-state index is 11.0. The van der Waals surface area contributed by atoms with Crippen LogP contribution in [0.25, 0.3) is 0 Å². The highest BCUT2D eigenvalue weighted by Gasteiger charge is 2.21. The summed E-state index contributed by atoms with van der Waals surface area (Å²) >= 11 is 0. The third kappa shape index (κ3) is 2.51. The number of anilines is 1. The Morgan fingerprint density at radius 1 is 1.25 bits per heavy atom. The minimum Gasteiger partial charge on any atom is -0.372 e. The summed E-state index contributed by atoms with van der Waals surface area (Å²) in [5, 5.41) is 11.0. The summed E-state index contributed by atoms with van der Waals surface area (Å²) in [5.74, 6) is 0. The van der Waals surface area contributed by atoms with Crippen molar-refractivity contribution in [3.8, 4) is 0 Å². The Hall–Kier alpha value is -1.58. The van der Waals surface area contributed by atoms with Gasteiger partial charge in [0, 0.05) is 20.2 Å². The molecular weight excluding hydrogens is 204 g/mol. The Bertz CT molecular complexity index is 406. The van der Waals surface area contributed by atoms with E-state index in [1.165, 1.54) is 0 Å². The summed E-state index contributed by atoms with van der Waals surface area (Å²) < 4.78 is 0. The smallest absolute Gasteiger partial charge is 0.292 e. The Morgan fingerprint density at radius 3 is 2.19 bits per heavy atom. The van der Waals surface area contributed by atoms with Crippen LogP contribution in [0.4, 0.5) is 11.4 Å². The van der Waals surface area contributed by atoms with Gasteiger partial charge in [0.1, 0.15) is 5.69 Å². The van der Waals surface area contributed by atoms with Crippen LogP contribution in [0.3, 0.4) is 0 Å². The fourth-order valence-electron chi connectivity index (χ4n) is 1.51. The maximum absolute atomic E-state index is 11.0.